The molecule has 1 aromatic rings. The second-order valence-corrected chi connectivity index (χ2v) is 4.86. The molecule has 1 rings (SSSR count). The average molecular weight is 233 g/mol. The highest BCUT2D eigenvalue weighted by molar-refractivity contribution is 5.20. The Labute approximate surface area is 107 Å². The summed E-state index contributed by atoms with van der Waals surface area (Å²) < 4.78 is 0. The maximum atomic E-state index is 3.64. The maximum Gasteiger partial charge on any atom is 0.0133 e. The first-order valence-electron chi connectivity index (χ1n) is 7.07. The molecule has 0 aromatic heterocycles. The van der Waals surface area contributed by atoms with Gasteiger partial charge >= 0.3 is 0 Å². The summed E-state index contributed by atoms with van der Waals surface area (Å²) >= 11 is 0. The average Bonchev–Trinajstić information content (AvgIpc) is 2.38. The molecule has 0 heterocycles. The molecule has 17 heavy (non-hydrogen) atoms. The van der Waals surface area contributed by atoms with Crippen molar-refractivity contribution in [3.05, 3.63) is 35.9 Å². The fourth-order valence-electron chi connectivity index (χ4n) is 2.39. The van der Waals surface area contributed by atoms with Crippen LogP contribution in [0.1, 0.15) is 57.9 Å². The topological polar surface area (TPSA) is 12.0 Å². The van der Waals surface area contributed by atoms with Gasteiger partial charge in [0.05, 0.1) is 0 Å². The van der Waals surface area contributed by atoms with Crippen LogP contribution in [0.2, 0.25) is 0 Å². The van der Waals surface area contributed by atoms with Crippen LogP contribution < -0.4 is 5.32 Å². The van der Waals surface area contributed by atoms with E-state index in [9.17, 15) is 0 Å². The molecule has 0 aliphatic carbocycles. The second kappa shape index (κ2) is 8.30. The number of rotatable bonds is 8. The fourth-order valence-corrected chi connectivity index (χ4v) is 2.39. The first-order chi connectivity index (χ1) is 8.29. The lowest BCUT2D eigenvalue weighted by atomic mass is 9.90. The number of unbranched alkanes of at least 4 members (excludes halogenated alkanes) is 2. The van der Waals surface area contributed by atoms with Crippen LogP contribution in [-0.2, 0) is 0 Å². The Morgan fingerprint density at radius 2 is 1.76 bits per heavy atom. The van der Waals surface area contributed by atoms with Gasteiger partial charge in [-0.2, -0.15) is 0 Å². The Bertz CT molecular complexity index is 281. The van der Waals surface area contributed by atoms with Crippen molar-refractivity contribution < 1.29 is 0 Å². The molecule has 2 unspecified atom stereocenters. The molecule has 0 saturated heterocycles. The highest BCUT2D eigenvalue weighted by atomic mass is 14.9. The van der Waals surface area contributed by atoms with Gasteiger partial charge in [-0.1, -0.05) is 70.4 Å². The number of hydrogen-bond acceptors (Lipinski definition) is 1. The Morgan fingerprint density at radius 3 is 2.35 bits per heavy atom. The predicted octanol–water partition coefficient (Wildman–Crippen LogP) is 4.35. The zero-order chi connectivity index (χ0) is 12.5. The van der Waals surface area contributed by atoms with Crippen LogP contribution in [-0.4, -0.2) is 12.6 Å². The van der Waals surface area contributed by atoms with E-state index in [0.29, 0.717) is 12.0 Å². The second-order valence-electron chi connectivity index (χ2n) is 4.86. The minimum Gasteiger partial charge on any atom is -0.314 e. The SMILES string of the molecule is CCCCCC(NCC)C(C)c1ccccc1. The summed E-state index contributed by atoms with van der Waals surface area (Å²) in [6.07, 6.45) is 5.28. The molecule has 0 radical (unpaired) electrons. The van der Waals surface area contributed by atoms with Crippen molar-refractivity contribution in [2.75, 3.05) is 6.54 Å². The molecule has 0 fully saturated rings. The Morgan fingerprint density at radius 1 is 1.06 bits per heavy atom. The molecule has 0 saturated carbocycles. The molecule has 1 N–H and O–H groups in total. The van der Waals surface area contributed by atoms with Crippen LogP contribution in [0, 0.1) is 0 Å². The highest BCUT2D eigenvalue weighted by Gasteiger charge is 2.16. The van der Waals surface area contributed by atoms with Gasteiger partial charge in [-0.05, 0) is 24.4 Å². The standard InChI is InChI=1S/C16H27N/c1-4-6-8-13-16(17-5-2)14(3)15-11-9-7-10-12-15/h7,9-12,14,16-17H,4-6,8,13H2,1-3H3. The Kier molecular flexibility index (Phi) is 6.95. The molecule has 1 heteroatoms. The summed E-state index contributed by atoms with van der Waals surface area (Å²) in [5.74, 6) is 0.605. The maximum absolute atomic E-state index is 3.64. The smallest absolute Gasteiger partial charge is 0.0133 e. The minimum atomic E-state index is 0.605. The van der Waals surface area contributed by atoms with Crippen molar-refractivity contribution in [2.45, 2.75) is 58.4 Å². The lowest BCUT2D eigenvalue weighted by molar-refractivity contribution is 0.417. The first kappa shape index (κ1) is 14.2. The third-order valence-corrected chi connectivity index (χ3v) is 3.51. The van der Waals surface area contributed by atoms with Gasteiger partial charge in [0.15, 0.2) is 0 Å². The molecule has 0 aliphatic heterocycles. The van der Waals surface area contributed by atoms with E-state index in [1.54, 1.807) is 0 Å². The van der Waals surface area contributed by atoms with E-state index in [2.05, 4.69) is 56.4 Å². The Hall–Kier alpha value is -0.820. The van der Waals surface area contributed by atoms with Crippen molar-refractivity contribution >= 4 is 0 Å². The van der Waals surface area contributed by atoms with Crippen LogP contribution in [0.3, 0.4) is 0 Å². The van der Waals surface area contributed by atoms with Gasteiger partial charge in [0.25, 0.3) is 0 Å². The van der Waals surface area contributed by atoms with Gasteiger partial charge in [0, 0.05) is 6.04 Å². The van der Waals surface area contributed by atoms with E-state index < -0.39 is 0 Å². The number of nitrogens with one attached hydrogen (secondary N) is 1. The van der Waals surface area contributed by atoms with Crippen LogP contribution in [0.5, 0.6) is 0 Å². The van der Waals surface area contributed by atoms with Crippen molar-refractivity contribution in [1.82, 2.24) is 5.32 Å². The van der Waals surface area contributed by atoms with E-state index in [0.717, 1.165) is 6.54 Å². The lowest BCUT2D eigenvalue weighted by Gasteiger charge is -2.25. The molecule has 1 aromatic carbocycles. The van der Waals surface area contributed by atoms with Crippen LogP contribution in [0.25, 0.3) is 0 Å². The van der Waals surface area contributed by atoms with Gasteiger partial charge in [-0.3, -0.25) is 0 Å². The van der Waals surface area contributed by atoms with Gasteiger partial charge in [-0.15, -0.1) is 0 Å². The van der Waals surface area contributed by atoms with Crippen LogP contribution >= 0.6 is 0 Å². The zero-order valence-corrected chi connectivity index (χ0v) is 11.6. The van der Waals surface area contributed by atoms with E-state index in [1.807, 2.05) is 0 Å². The van der Waals surface area contributed by atoms with E-state index in [1.165, 1.54) is 31.2 Å². The summed E-state index contributed by atoms with van der Waals surface area (Å²) in [7, 11) is 0. The summed E-state index contributed by atoms with van der Waals surface area (Å²) in [5.41, 5.74) is 1.45. The molecular weight excluding hydrogens is 206 g/mol. The highest BCUT2D eigenvalue weighted by Crippen LogP contribution is 2.22. The monoisotopic (exact) mass is 233 g/mol. The predicted molar refractivity (Wildman–Crippen MR) is 76.5 cm³/mol. The van der Waals surface area contributed by atoms with E-state index in [-0.39, 0.29) is 0 Å². The van der Waals surface area contributed by atoms with Crippen molar-refractivity contribution in [2.24, 2.45) is 0 Å². The molecule has 1 nitrogen and oxygen atoms in total. The van der Waals surface area contributed by atoms with Crippen molar-refractivity contribution in [3.8, 4) is 0 Å². The molecule has 96 valence electrons. The number of benzene rings is 1. The van der Waals surface area contributed by atoms with Crippen molar-refractivity contribution in [3.63, 3.8) is 0 Å². The largest absolute Gasteiger partial charge is 0.314 e. The zero-order valence-electron chi connectivity index (χ0n) is 11.6. The molecule has 0 bridgehead atoms. The molecule has 0 aliphatic rings. The number of hydrogen-bond donors (Lipinski definition) is 1. The quantitative estimate of drug-likeness (QED) is 0.658. The van der Waals surface area contributed by atoms with Gasteiger partial charge < -0.3 is 5.32 Å². The third-order valence-electron chi connectivity index (χ3n) is 3.51. The summed E-state index contributed by atoms with van der Waals surface area (Å²) in [6.45, 7) is 7.87. The van der Waals surface area contributed by atoms with Gasteiger partial charge in [-0.25, -0.2) is 0 Å². The van der Waals surface area contributed by atoms with Crippen LogP contribution in [0.15, 0.2) is 30.3 Å². The van der Waals surface area contributed by atoms with Gasteiger partial charge in [0.2, 0.25) is 0 Å². The first-order valence-corrected chi connectivity index (χ1v) is 7.07. The molecular formula is C16H27N. The van der Waals surface area contributed by atoms with Gasteiger partial charge in [0.1, 0.15) is 0 Å². The molecule has 0 amide bonds. The summed E-state index contributed by atoms with van der Waals surface area (Å²) in [5, 5.41) is 3.64. The van der Waals surface area contributed by atoms with Crippen molar-refractivity contribution in [1.29, 1.82) is 0 Å². The van der Waals surface area contributed by atoms with E-state index >= 15 is 0 Å². The summed E-state index contributed by atoms with van der Waals surface area (Å²) in [4.78, 5) is 0. The number of likely N-dealkylation sites (N-methyl/N-ethyl adjacent to an activating group) is 1. The third kappa shape index (κ3) is 4.91. The normalized spacial score (nSPS) is 14.5. The molecule has 2 atom stereocenters. The van der Waals surface area contributed by atoms with E-state index in [4.69, 9.17) is 0 Å². The van der Waals surface area contributed by atoms with Crippen LogP contribution in [0.4, 0.5) is 0 Å². The lowest BCUT2D eigenvalue weighted by Crippen LogP contribution is -2.33. The fraction of sp³-hybridized carbons (Fsp3) is 0.625. The Balaban J connectivity index is 2.56. The molecule has 0 spiro atoms. The summed E-state index contributed by atoms with van der Waals surface area (Å²) in [6, 6.07) is 11.5. The minimum absolute atomic E-state index is 0.605.